The molecule has 1 amide bonds. The first-order valence-electron chi connectivity index (χ1n) is 5.77. The Morgan fingerprint density at radius 1 is 1.39 bits per heavy atom. The molecule has 6 heteroatoms. The van der Waals surface area contributed by atoms with Gasteiger partial charge in [0.2, 0.25) is 0 Å². The summed E-state index contributed by atoms with van der Waals surface area (Å²) in [4.78, 5) is 21.7. The maximum absolute atomic E-state index is 11.7. The summed E-state index contributed by atoms with van der Waals surface area (Å²) in [5.74, 6) is 0.0910. The molecule has 96 valence electrons. The van der Waals surface area contributed by atoms with Gasteiger partial charge in [0.05, 0.1) is 11.0 Å². The smallest absolute Gasteiger partial charge is 0.269 e. The van der Waals surface area contributed by atoms with Crippen LogP contribution in [-0.2, 0) is 0 Å². The van der Waals surface area contributed by atoms with Crippen molar-refractivity contribution >= 4 is 11.6 Å². The van der Waals surface area contributed by atoms with E-state index in [9.17, 15) is 14.9 Å². The maximum Gasteiger partial charge on any atom is 0.269 e. The summed E-state index contributed by atoms with van der Waals surface area (Å²) in [6.45, 7) is 0.535. The molecule has 1 aliphatic carbocycles. The molecule has 0 radical (unpaired) electrons. The number of nitrogens with one attached hydrogen (secondary N) is 1. The van der Waals surface area contributed by atoms with Gasteiger partial charge >= 0.3 is 0 Å². The monoisotopic (exact) mass is 250 g/mol. The predicted octanol–water partition coefficient (Wildman–Crippen LogP) is 1.10. The van der Waals surface area contributed by atoms with Gasteiger partial charge in [-0.3, -0.25) is 14.9 Å². The highest BCUT2D eigenvalue weighted by atomic mass is 16.6. The topological polar surface area (TPSA) is 92.5 Å². The molecular weight excluding hydrogens is 236 g/mol. The number of rotatable bonds is 4. The second-order valence-corrected chi connectivity index (χ2v) is 4.51. The third kappa shape index (κ3) is 2.84. The average Bonchev–Trinajstić information content (AvgIpc) is 2.33. The van der Waals surface area contributed by atoms with Gasteiger partial charge in [0.15, 0.2) is 0 Å². The normalized spacial score (nSPS) is 22.1. The molecule has 0 aromatic heterocycles. The molecular formula is C12H14N2O4. The Morgan fingerprint density at radius 3 is 2.50 bits per heavy atom. The zero-order valence-corrected chi connectivity index (χ0v) is 9.70. The number of nitrogens with zero attached hydrogens (tertiary/aromatic N) is 1. The molecule has 1 fully saturated rings. The number of hydrogen-bond acceptors (Lipinski definition) is 4. The predicted molar refractivity (Wildman–Crippen MR) is 64.2 cm³/mol. The SMILES string of the molecule is O=C(NCC1CC(O)C1)c1ccc([N+](=O)[O-])cc1. The lowest BCUT2D eigenvalue weighted by Gasteiger charge is -2.31. The molecule has 0 saturated heterocycles. The standard InChI is InChI=1S/C12H14N2O4/c15-11-5-8(6-11)7-13-12(16)9-1-3-10(4-2-9)14(17)18/h1-4,8,11,15H,5-7H2,(H,13,16). The number of carbonyl (C=O) groups excluding carboxylic acids is 1. The van der Waals surface area contributed by atoms with Crippen LogP contribution in [0.4, 0.5) is 5.69 Å². The van der Waals surface area contributed by atoms with Crippen LogP contribution in [0.3, 0.4) is 0 Å². The van der Waals surface area contributed by atoms with E-state index in [1.54, 1.807) is 0 Å². The van der Waals surface area contributed by atoms with Crippen LogP contribution < -0.4 is 5.32 Å². The Bertz CT molecular complexity index is 452. The van der Waals surface area contributed by atoms with Gasteiger partial charge in [-0.05, 0) is 30.9 Å². The molecule has 2 N–H and O–H groups in total. The quantitative estimate of drug-likeness (QED) is 0.618. The van der Waals surface area contributed by atoms with E-state index in [2.05, 4.69) is 5.32 Å². The zero-order chi connectivity index (χ0) is 13.1. The fourth-order valence-electron chi connectivity index (χ4n) is 1.94. The number of nitro benzene ring substituents is 1. The number of non-ortho nitro benzene ring substituents is 1. The first-order valence-corrected chi connectivity index (χ1v) is 5.77. The van der Waals surface area contributed by atoms with Crippen molar-refractivity contribution in [2.45, 2.75) is 18.9 Å². The summed E-state index contributed by atoms with van der Waals surface area (Å²) in [7, 11) is 0. The van der Waals surface area contributed by atoms with E-state index in [-0.39, 0.29) is 17.7 Å². The summed E-state index contributed by atoms with van der Waals surface area (Å²) in [6.07, 6.45) is 1.22. The minimum absolute atomic E-state index is 0.0336. The Morgan fingerprint density at radius 2 is 2.00 bits per heavy atom. The second-order valence-electron chi connectivity index (χ2n) is 4.51. The highest BCUT2D eigenvalue weighted by Crippen LogP contribution is 2.26. The van der Waals surface area contributed by atoms with Gasteiger partial charge in [-0.2, -0.15) is 0 Å². The molecule has 18 heavy (non-hydrogen) atoms. The van der Waals surface area contributed by atoms with Crippen LogP contribution in [0, 0.1) is 16.0 Å². The van der Waals surface area contributed by atoms with Gasteiger partial charge in [0, 0.05) is 24.2 Å². The van der Waals surface area contributed by atoms with E-state index in [4.69, 9.17) is 5.11 Å². The molecule has 0 aliphatic heterocycles. The van der Waals surface area contributed by atoms with Gasteiger partial charge in [-0.15, -0.1) is 0 Å². The number of aliphatic hydroxyl groups excluding tert-OH is 1. The third-order valence-electron chi connectivity index (χ3n) is 3.10. The summed E-state index contributed by atoms with van der Waals surface area (Å²) in [5.41, 5.74) is 0.370. The van der Waals surface area contributed by atoms with E-state index in [0.29, 0.717) is 18.0 Å². The number of aliphatic hydroxyl groups is 1. The summed E-state index contributed by atoms with van der Waals surface area (Å²) in [6, 6.07) is 5.48. The number of amides is 1. The van der Waals surface area contributed by atoms with Gasteiger partial charge in [-0.25, -0.2) is 0 Å². The molecule has 1 aromatic rings. The van der Waals surface area contributed by atoms with E-state index in [1.807, 2.05) is 0 Å². The van der Waals surface area contributed by atoms with E-state index in [1.165, 1.54) is 24.3 Å². The van der Waals surface area contributed by atoms with Crippen molar-refractivity contribution in [2.24, 2.45) is 5.92 Å². The third-order valence-corrected chi connectivity index (χ3v) is 3.10. The fourth-order valence-corrected chi connectivity index (χ4v) is 1.94. The molecule has 0 spiro atoms. The molecule has 1 aromatic carbocycles. The Kier molecular flexibility index (Phi) is 3.57. The highest BCUT2D eigenvalue weighted by Gasteiger charge is 2.27. The van der Waals surface area contributed by atoms with Crippen molar-refractivity contribution in [3.8, 4) is 0 Å². The van der Waals surface area contributed by atoms with Gasteiger partial charge in [0.25, 0.3) is 11.6 Å². The van der Waals surface area contributed by atoms with Gasteiger partial charge in [-0.1, -0.05) is 0 Å². The van der Waals surface area contributed by atoms with Crippen LogP contribution in [0.15, 0.2) is 24.3 Å². The van der Waals surface area contributed by atoms with Crippen molar-refractivity contribution in [1.29, 1.82) is 0 Å². The maximum atomic E-state index is 11.7. The van der Waals surface area contributed by atoms with Crippen LogP contribution in [0.25, 0.3) is 0 Å². The second kappa shape index (κ2) is 5.14. The average molecular weight is 250 g/mol. The van der Waals surface area contributed by atoms with Crippen molar-refractivity contribution in [3.63, 3.8) is 0 Å². The van der Waals surface area contributed by atoms with Crippen molar-refractivity contribution in [1.82, 2.24) is 5.32 Å². The lowest BCUT2D eigenvalue weighted by atomic mass is 9.82. The van der Waals surface area contributed by atoms with Crippen LogP contribution in [0.2, 0.25) is 0 Å². The molecule has 2 rings (SSSR count). The van der Waals surface area contributed by atoms with Crippen molar-refractivity contribution in [3.05, 3.63) is 39.9 Å². The van der Waals surface area contributed by atoms with Gasteiger partial charge in [0.1, 0.15) is 0 Å². The molecule has 0 heterocycles. The highest BCUT2D eigenvalue weighted by molar-refractivity contribution is 5.94. The summed E-state index contributed by atoms with van der Waals surface area (Å²) >= 11 is 0. The molecule has 1 saturated carbocycles. The Hall–Kier alpha value is -1.95. The van der Waals surface area contributed by atoms with E-state index >= 15 is 0 Å². The van der Waals surface area contributed by atoms with Crippen LogP contribution >= 0.6 is 0 Å². The van der Waals surface area contributed by atoms with Crippen molar-refractivity contribution in [2.75, 3.05) is 6.54 Å². The molecule has 1 aliphatic rings. The van der Waals surface area contributed by atoms with E-state index in [0.717, 1.165) is 12.8 Å². The Balaban J connectivity index is 1.86. The minimum atomic E-state index is -0.503. The lowest BCUT2D eigenvalue weighted by Crippen LogP contribution is -2.38. The van der Waals surface area contributed by atoms with Crippen LogP contribution in [0.5, 0.6) is 0 Å². The molecule has 0 unspecified atom stereocenters. The molecule has 0 atom stereocenters. The summed E-state index contributed by atoms with van der Waals surface area (Å²) in [5, 5.41) is 22.3. The number of benzene rings is 1. The first-order chi connectivity index (χ1) is 8.56. The van der Waals surface area contributed by atoms with Gasteiger partial charge < -0.3 is 10.4 Å². The van der Waals surface area contributed by atoms with Crippen molar-refractivity contribution < 1.29 is 14.8 Å². The Labute approximate surface area is 104 Å². The molecule has 6 nitrogen and oxygen atoms in total. The fraction of sp³-hybridized carbons (Fsp3) is 0.417. The zero-order valence-electron chi connectivity index (χ0n) is 9.70. The van der Waals surface area contributed by atoms with Crippen LogP contribution in [-0.4, -0.2) is 28.6 Å². The largest absolute Gasteiger partial charge is 0.393 e. The lowest BCUT2D eigenvalue weighted by molar-refractivity contribution is -0.384. The minimum Gasteiger partial charge on any atom is -0.393 e. The molecule has 0 bridgehead atoms. The van der Waals surface area contributed by atoms with E-state index < -0.39 is 4.92 Å². The number of nitro groups is 1. The summed E-state index contributed by atoms with van der Waals surface area (Å²) < 4.78 is 0. The first kappa shape index (κ1) is 12.5. The number of hydrogen-bond donors (Lipinski definition) is 2. The van der Waals surface area contributed by atoms with Crippen LogP contribution in [0.1, 0.15) is 23.2 Å². The number of carbonyl (C=O) groups is 1.